The Labute approximate surface area is 227 Å². The molecule has 0 aliphatic rings. The Morgan fingerprint density at radius 1 is 0.861 bits per heavy atom. The Kier molecular flexibility index (Phi) is 23.3. The third-order valence-corrected chi connectivity index (χ3v) is 5.32. The first-order valence-corrected chi connectivity index (χ1v) is 14.3. The molecule has 0 N–H and O–H groups in total. The van der Waals surface area contributed by atoms with Crippen LogP contribution in [-0.4, -0.2) is 4.98 Å². The van der Waals surface area contributed by atoms with Gasteiger partial charge in [-0.15, -0.1) is 17.1 Å². The molecule has 36 heavy (non-hydrogen) atoms. The lowest BCUT2D eigenvalue weighted by atomic mass is 10.00. The van der Waals surface area contributed by atoms with Crippen molar-refractivity contribution in [2.45, 2.75) is 81.6 Å². The standard InChI is InChI=1S/C24H21NS.2C3H8.2C2H6/c1-4-7-13-19(6-3)24-25-22(21-17-12-11-14-18(21)5-2)23(26-24)20-15-9-8-10-16-20;2*1-3-2;2*1-2/h6-17H,1,3,5H2,2H3;2*3H2,1-2H3;2*1-2H3/b19-13+;;;;. The Hall–Kier alpha value is -2.93. The molecule has 0 saturated heterocycles. The summed E-state index contributed by atoms with van der Waals surface area (Å²) in [5, 5.41) is 0.950. The second-order valence-electron chi connectivity index (χ2n) is 7.18. The summed E-state index contributed by atoms with van der Waals surface area (Å²) in [5.41, 5.74) is 8.47. The molecule has 1 nitrogen and oxygen atoms in total. The predicted octanol–water partition coefficient (Wildman–Crippen LogP) is 11.8. The number of nitrogens with zero attached hydrogens (tertiary/aromatic N) is 1. The number of hydrogen-bond acceptors (Lipinski definition) is 2. The van der Waals surface area contributed by atoms with Crippen LogP contribution in [0.15, 0.2) is 91.7 Å². The van der Waals surface area contributed by atoms with Gasteiger partial charge in [0.15, 0.2) is 0 Å². The summed E-state index contributed by atoms with van der Waals surface area (Å²) in [7, 11) is 0. The van der Waals surface area contributed by atoms with E-state index in [2.05, 4.69) is 102 Å². The predicted molar refractivity (Wildman–Crippen MR) is 169 cm³/mol. The van der Waals surface area contributed by atoms with E-state index in [4.69, 9.17) is 4.98 Å². The van der Waals surface area contributed by atoms with Crippen LogP contribution in [0.2, 0.25) is 0 Å². The molecule has 2 heteroatoms. The van der Waals surface area contributed by atoms with Crippen LogP contribution in [0.1, 0.15) is 85.7 Å². The van der Waals surface area contributed by atoms with Gasteiger partial charge in [0.2, 0.25) is 0 Å². The second-order valence-corrected chi connectivity index (χ2v) is 8.18. The first-order chi connectivity index (χ1) is 17.6. The highest BCUT2D eigenvalue weighted by atomic mass is 32.1. The maximum absolute atomic E-state index is 5.00. The average Bonchev–Trinajstić information content (AvgIpc) is 3.38. The smallest absolute Gasteiger partial charge is 0.124 e. The van der Waals surface area contributed by atoms with Crippen molar-refractivity contribution < 1.29 is 0 Å². The van der Waals surface area contributed by atoms with Crippen LogP contribution >= 0.6 is 11.3 Å². The van der Waals surface area contributed by atoms with Crippen LogP contribution in [0.25, 0.3) is 27.3 Å². The van der Waals surface area contributed by atoms with E-state index in [1.165, 1.54) is 34.4 Å². The molecule has 2 aromatic carbocycles. The summed E-state index contributed by atoms with van der Waals surface area (Å²) >= 11 is 1.69. The van der Waals surface area contributed by atoms with Gasteiger partial charge in [-0.2, -0.15) is 0 Å². The number of benzene rings is 2. The zero-order chi connectivity index (χ0) is 27.8. The summed E-state index contributed by atoms with van der Waals surface area (Å²) < 4.78 is 0. The minimum Gasteiger partial charge on any atom is -0.235 e. The van der Waals surface area contributed by atoms with E-state index in [0.717, 1.165) is 22.7 Å². The number of thiazole rings is 1. The molecule has 3 aromatic rings. The van der Waals surface area contributed by atoms with Gasteiger partial charge in [-0.1, -0.05) is 149 Å². The molecule has 1 heterocycles. The molecule has 0 aliphatic carbocycles. The Bertz CT molecular complexity index is 1020. The lowest BCUT2D eigenvalue weighted by Gasteiger charge is -2.07. The van der Waals surface area contributed by atoms with E-state index >= 15 is 0 Å². The van der Waals surface area contributed by atoms with Gasteiger partial charge >= 0.3 is 0 Å². The molecule has 0 aliphatic heterocycles. The summed E-state index contributed by atoms with van der Waals surface area (Å²) in [6.07, 6.45) is 9.04. The molecule has 0 spiro atoms. The van der Waals surface area contributed by atoms with Crippen molar-refractivity contribution in [1.82, 2.24) is 4.98 Å². The van der Waals surface area contributed by atoms with Crippen molar-refractivity contribution in [2.24, 2.45) is 0 Å². The van der Waals surface area contributed by atoms with E-state index in [-0.39, 0.29) is 0 Å². The summed E-state index contributed by atoms with van der Waals surface area (Å²) in [6.45, 7) is 26.2. The lowest BCUT2D eigenvalue weighted by molar-refractivity contribution is 1.09. The molecule has 0 radical (unpaired) electrons. The number of aryl methyl sites for hydroxylation is 1. The minimum absolute atomic E-state index is 0.950. The van der Waals surface area contributed by atoms with Crippen molar-refractivity contribution >= 4 is 16.9 Å². The van der Waals surface area contributed by atoms with E-state index in [9.17, 15) is 0 Å². The van der Waals surface area contributed by atoms with Gasteiger partial charge in [-0.25, -0.2) is 4.98 Å². The van der Waals surface area contributed by atoms with E-state index in [0.29, 0.717) is 0 Å². The average molecular weight is 504 g/mol. The molecular formula is C34H49NS. The van der Waals surface area contributed by atoms with Gasteiger partial charge in [0.1, 0.15) is 5.01 Å². The van der Waals surface area contributed by atoms with Gasteiger partial charge in [0.25, 0.3) is 0 Å². The number of allylic oxidation sites excluding steroid dienone is 4. The molecule has 0 amide bonds. The number of aromatic nitrogens is 1. The van der Waals surface area contributed by atoms with Crippen LogP contribution in [0.4, 0.5) is 0 Å². The zero-order valence-corrected chi connectivity index (χ0v) is 25.1. The normalized spacial score (nSPS) is 9.31. The number of rotatable bonds is 6. The van der Waals surface area contributed by atoms with E-state index < -0.39 is 0 Å². The van der Waals surface area contributed by atoms with Crippen LogP contribution in [-0.2, 0) is 6.42 Å². The van der Waals surface area contributed by atoms with Crippen LogP contribution in [0, 0.1) is 0 Å². The summed E-state index contributed by atoms with van der Waals surface area (Å²) in [4.78, 5) is 6.18. The van der Waals surface area contributed by atoms with Crippen molar-refractivity contribution in [1.29, 1.82) is 0 Å². The fourth-order valence-electron chi connectivity index (χ4n) is 2.85. The van der Waals surface area contributed by atoms with Crippen LogP contribution in [0.5, 0.6) is 0 Å². The molecule has 0 atom stereocenters. The highest BCUT2D eigenvalue weighted by molar-refractivity contribution is 7.16. The minimum atomic E-state index is 0.950. The SMILES string of the molecule is C=C=C/C=C(\C=C)c1nc(-c2ccccc2CC)c(-c2ccccc2)s1.CC.CC.CCC.CCC. The highest BCUT2D eigenvalue weighted by Crippen LogP contribution is 2.40. The number of hydrogen-bond donors (Lipinski definition) is 0. The maximum Gasteiger partial charge on any atom is 0.124 e. The van der Waals surface area contributed by atoms with Gasteiger partial charge < -0.3 is 0 Å². The van der Waals surface area contributed by atoms with Crippen molar-refractivity contribution in [3.8, 4) is 21.7 Å². The third-order valence-electron chi connectivity index (χ3n) is 4.16. The molecule has 0 fully saturated rings. The molecule has 196 valence electrons. The maximum atomic E-state index is 5.00. The fourth-order valence-corrected chi connectivity index (χ4v) is 3.95. The van der Waals surface area contributed by atoms with Gasteiger partial charge in [0.05, 0.1) is 10.6 Å². The van der Waals surface area contributed by atoms with Crippen molar-refractivity contribution in [3.05, 3.63) is 102 Å². The Morgan fingerprint density at radius 2 is 1.39 bits per heavy atom. The van der Waals surface area contributed by atoms with Gasteiger partial charge in [-0.05, 0) is 29.7 Å². The van der Waals surface area contributed by atoms with Gasteiger partial charge in [0, 0.05) is 11.1 Å². The molecule has 0 bridgehead atoms. The van der Waals surface area contributed by atoms with Crippen LogP contribution in [0.3, 0.4) is 0 Å². The first kappa shape index (κ1) is 35.2. The van der Waals surface area contributed by atoms with E-state index in [1.54, 1.807) is 17.4 Å². The molecule has 0 unspecified atom stereocenters. The second kappa shape index (κ2) is 23.8. The third kappa shape index (κ3) is 12.2. The first-order valence-electron chi connectivity index (χ1n) is 13.4. The lowest BCUT2D eigenvalue weighted by Crippen LogP contribution is -1.90. The van der Waals surface area contributed by atoms with Crippen molar-refractivity contribution in [3.63, 3.8) is 0 Å². The van der Waals surface area contributed by atoms with E-state index in [1.807, 2.05) is 45.9 Å². The molecule has 1 aromatic heterocycles. The molecule has 3 rings (SSSR count). The monoisotopic (exact) mass is 503 g/mol. The molecular weight excluding hydrogens is 454 g/mol. The summed E-state index contributed by atoms with van der Waals surface area (Å²) in [5.74, 6) is 0. The van der Waals surface area contributed by atoms with Crippen LogP contribution < -0.4 is 0 Å². The topological polar surface area (TPSA) is 12.9 Å². The van der Waals surface area contributed by atoms with Gasteiger partial charge in [-0.3, -0.25) is 0 Å². The summed E-state index contributed by atoms with van der Waals surface area (Å²) in [6, 6.07) is 18.9. The fraction of sp³-hybridized carbons (Fsp3) is 0.353. The largest absolute Gasteiger partial charge is 0.235 e. The Morgan fingerprint density at radius 3 is 1.89 bits per heavy atom. The highest BCUT2D eigenvalue weighted by Gasteiger charge is 2.17. The van der Waals surface area contributed by atoms with Crippen molar-refractivity contribution in [2.75, 3.05) is 0 Å². The zero-order valence-electron chi connectivity index (χ0n) is 24.3. The quantitative estimate of drug-likeness (QED) is 0.241. The molecule has 0 saturated carbocycles. The Balaban J connectivity index is 0.